The summed E-state index contributed by atoms with van der Waals surface area (Å²) in [5.41, 5.74) is 2.59. The van der Waals surface area contributed by atoms with Crippen molar-refractivity contribution in [2.45, 2.75) is 19.6 Å². The molecule has 0 spiro atoms. The number of thiazole rings is 1. The molecule has 0 amide bonds. The summed E-state index contributed by atoms with van der Waals surface area (Å²) < 4.78 is 5.65. The summed E-state index contributed by atoms with van der Waals surface area (Å²) in [6.45, 7) is 2.23. The van der Waals surface area contributed by atoms with Crippen LogP contribution in [0.2, 0.25) is 0 Å². The first-order chi connectivity index (χ1) is 7.77. The van der Waals surface area contributed by atoms with Crippen LogP contribution in [0.3, 0.4) is 0 Å². The van der Waals surface area contributed by atoms with Gasteiger partial charge in [0.1, 0.15) is 12.4 Å². The van der Waals surface area contributed by atoms with E-state index < -0.39 is 6.10 Å². The third-order valence-corrected chi connectivity index (χ3v) is 2.98. The molecule has 1 aromatic carbocycles. The van der Waals surface area contributed by atoms with E-state index in [4.69, 9.17) is 4.74 Å². The third kappa shape index (κ3) is 2.59. The average Bonchev–Trinajstić information content (AvgIpc) is 2.79. The Balaban J connectivity index is 2.09. The summed E-state index contributed by atoms with van der Waals surface area (Å²) in [5, 5.41) is 9.57. The van der Waals surface area contributed by atoms with Crippen molar-refractivity contribution in [1.29, 1.82) is 0 Å². The molecular weight excluding hydrogens is 222 g/mol. The van der Waals surface area contributed by atoms with Crippen molar-refractivity contribution < 1.29 is 9.84 Å². The number of benzene rings is 1. The van der Waals surface area contributed by atoms with E-state index in [0.29, 0.717) is 6.61 Å². The lowest BCUT2D eigenvalue weighted by Crippen LogP contribution is -1.99. The fourth-order valence-electron chi connectivity index (χ4n) is 1.42. The number of nitrogens with zero attached hydrogens (tertiary/aromatic N) is 1. The molecule has 3 nitrogen and oxygen atoms in total. The number of aromatic nitrogens is 1. The van der Waals surface area contributed by atoms with Crippen LogP contribution in [-0.4, -0.2) is 10.1 Å². The van der Waals surface area contributed by atoms with Crippen LogP contribution in [0.1, 0.15) is 23.5 Å². The number of rotatable bonds is 4. The largest absolute Gasteiger partial charge is 0.488 e. The Morgan fingerprint density at radius 3 is 2.94 bits per heavy atom. The van der Waals surface area contributed by atoms with Crippen LogP contribution in [0.4, 0.5) is 0 Å². The summed E-state index contributed by atoms with van der Waals surface area (Å²) in [4.78, 5) is 5.05. The molecule has 16 heavy (non-hydrogen) atoms. The zero-order chi connectivity index (χ0) is 11.4. The maximum absolute atomic E-state index is 9.57. The molecule has 1 atom stereocenters. The maximum atomic E-state index is 9.57. The molecule has 0 radical (unpaired) electrons. The minimum Gasteiger partial charge on any atom is -0.488 e. The van der Waals surface area contributed by atoms with Crippen molar-refractivity contribution in [3.63, 3.8) is 0 Å². The molecule has 0 aliphatic heterocycles. The van der Waals surface area contributed by atoms with Gasteiger partial charge in [0.2, 0.25) is 0 Å². The number of aliphatic hydroxyl groups is 1. The molecule has 0 saturated carbocycles. The van der Waals surface area contributed by atoms with Crippen LogP contribution in [0.25, 0.3) is 0 Å². The van der Waals surface area contributed by atoms with Gasteiger partial charge in [0, 0.05) is 11.8 Å². The van der Waals surface area contributed by atoms with Crippen molar-refractivity contribution >= 4 is 11.3 Å². The molecule has 0 saturated heterocycles. The second-order valence-corrected chi connectivity index (χ2v) is 4.44. The van der Waals surface area contributed by atoms with E-state index >= 15 is 0 Å². The van der Waals surface area contributed by atoms with Gasteiger partial charge in [-0.25, -0.2) is 0 Å². The Morgan fingerprint density at radius 1 is 1.44 bits per heavy atom. The quantitative estimate of drug-likeness (QED) is 0.886. The van der Waals surface area contributed by atoms with Crippen LogP contribution in [-0.2, 0) is 6.61 Å². The van der Waals surface area contributed by atoms with E-state index in [1.54, 1.807) is 30.0 Å². The van der Waals surface area contributed by atoms with Crippen LogP contribution >= 0.6 is 11.3 Å². The van der Waals surface area contributed by atoms with E-state index in [0.717, 1.165) is 16.2 Å². The van der Waals surface area contributed by atoms with Crippen molar-refractivity contribution in [2.24, 2.45) is 0 Å². The molecule has 1 heterocycles. The predicted octanol–water partition coefficient (Wildman–Crippen LogP) is 2.78. The summed E-state index contributed by atoms with van der Waals surface area (Å²) >= 11 is 1.56. The van der Waals surface area contributed by atoms with E-state index in [2.05, 4.69) is 4.98 Å². The summed E-state index contributed by atoms with van der Waals surface area (Å²) in [6, 6.07) is 7.52. The highest BCUT2D eigenvalue weighted by molar-refractivity contribution is 7.09. The highest BCUT2D eigenvalue weighted by Gasteiger charge is 2.08. The van der Waals surface area contributed by atoms with Crippen molar-refractivity contribution in [1.82, 2.24) is 4.98 Å². The van der Waals surface area contributed by atoms with Gasteiger partial charge in [-0.3, -0.25) is 4.98 Å². The van der Waals surface area contributed by atoms with Gasteiger partial charge in [0.25, 0.3) is 0 Å². The Labute approximate surface area is 98.4 Å². The monoisotopic (exact) mass is 235 g/mol. The smallest absolute Gasteiger partial charge is 0.125 e. The fourth-order valence-corrected chi connectivity index (χ4v) is 1.93. The fraction of sp³-hybridized carbons (Fsp3) is 0.250. The molecule has 2 aromatic rings. The summed E-state index contributed by atoms with van der Waals surface area (Å²) in [5.74, 6) is 0.728. The summed E-state index contributed by atoms with van der Waals surface area (Å²) in [7, 11) is 0. The van der Waals surface area contributed by atoms with Gasteiger partial charge in [-0.1, -0.05) is 18.2 Å². The van der Waals surface area contributed by atoms with Gasteiger partial charge in [0.05, 0.1) is 16.5 Å². The second-order valence-electron chi connectivity index (χ2n) is 3.47. The first-order valence-electron chi connectivity index (χ1n) is 5.04. The molecule has 0 bridgehead atoms. The van der Waals surface area contributed by atoms with Crippen molar-refractivity contribution in [3.8, 4) is 5.75 Å². The number of hydrogen-bond donors (Lipinski definition) is 1. The first-order valence-corrected chi connectivity index (χ1v) is 5.92. The van der Waals surface area contributed by atoms with Crippen LogP contribution in [0, 0.1) is 0 Å². The van der Waals surface area contributed by atoms with Gasteiger partial charge >= 0.3 is 0 Å². The molecule has 0 aliphatic rings. The lowest BCUT2D eigenvalue weighted by molar-refractivity contribution is 0.190. The molecule has 0 aliphatic carbocycles. The molecule has 1 aromatic heterocycles. The molecule has 2 rings (SSSR count). The highest BCUT2D eigenvalue weighted by atomic mass is 32.1. The van der Waals surface area contributed by atoms with Gasteiger partial charge in [0.15, 0.2) is 0 Å². The minimum absolute atomic E-state index is 0.494. The first kappa shape index (κ1) is 11.1. The maximum Gasteiger partial charge on any atom is 0.125 e. The Bertz CT molecular complexity index is 440. The number of aliphatic hydroxyl groups excluding tert-OH is 1. The zero-order valence-corrected chi connectivity index (χ0v) is 9.78. The standard InChI is InChI=1S/C12H13NO2S/c1-9(14)11-4-2-3-5-12(11)15-7-10-6-13-8-16-10/h2-6,8-9,14H,7H2,1H3/t9-/m0/s1. The Kier molecular flexibility index (Phi) is 3.54. The lowest BCUT2D eigenvalue weighted by atomic mass is 10.1. The molecular formula is C12H13NO2S. The Hall–Kier alpha value is -1.39. The average molecular weight is 235 g/mol. The topological polar surface area (TPSA) is 42.4 Å². The van der Waals surface area contributed by atoms with E-state index in [9.17, 15) is 5.11 Å². The van der Waals surface area contributed by atoms with Crippen molar-refractivity contribution in [2.75, 3.05) is 0 Å². The second kappa shape index (κ2) is 5.09. The summed E-state index contributed by atoms with van der Waals surface area (Å²) in [6.07, 6.45) is 1.27. The lowest BCUT2D eigenvalue weighted by Gasteiger charge is -2.12. The van der Waals surface area contributed by atoms with Gasteiger partial charge < -0.3 is 9.84 Å². The van der Waals surface area contributed by atoms with Crippen LogP contribution < -0.4 is 4.74 Å². The number of hydrogen-bond acceptors (Lipinski definition) is 4. The predicted molar refractivity (Wildman–Crippen MR) is 63.5 cm³/mol. The molecule has 84 valence electrons. The molecule has 4 heteroatoms. The van der Waals surface area contributed by atoms with Crippen LogP contribution in [0.15, 0.2) is 36.0 Å². The number of para-hydroxylation sites is 1. The molecule has 0 unspecified atom stereocenters. The molecule has 0 fully saturated rings. The number of ether oxygens (including phenoxy) is 1. The van der Waals surface area contributed by atoms with Gasteiger partial charge in [-0.15, -0.1) is 11.3 Å². The van der Waals surface area contributed by atoms with Crippen molar-refractivity contribution in [3.05, 3.63) is 46.4 Å². The highest BCUT2D eigenvalue weighted by Crippen LogP contribution is 2.25. The van der Waals surface area contributed by atoms with E-state index in [-0.39, 0.29) is 0 Å². The normalized spacial score (nSPS) is 12.4. The third-order valence-electron chi connectivity index (χ3n) is 2.22. The van der Waals surface area contributed by atoms with E-state index in [1.807, 2.05) is 24.3 Å². The molecule has 1 N–H and O–H groups in total. The van der Waals surface area contributed by atoms with E-state index in [1.165, 1.54) is 0 Å². The van der Waals surface area contributed by atoms with Gasteiger partial charge in [-0.2, -0.15) is 0 Å². The SMILES string of the molecule is C[C@H](O)c1ccccc1OCc1cncs1. The zero-order valence-electron chi connectivity index (χ0n) is 8.96. The van der Waals surface area contributed by atoms with Gasteiger partial charge in [-0.05, 0) is 13.0 Å². The minimum atomic E-state index is -0.516. The van der Waals surface area contributed by atoms with Crippen LogP contribution in [0.5, 0.6) is 5.75 Å². The Morgan fingerprint density at radius 2 is 2.25 bits per heavy atom.